The van der Waals surface area contributed by atoms with Crippen molar-refractivity contribution >= 4 is 29.7 Å². The van der Waals surface area contributed by atoms with E-state index in [4.69, 9.17) is 9.47 Å². The third-order valence-electron chi connectivity index (χ3n) is 4.10. The first-order valence-corrected chi connectivity index (χ1v) is 8.86. The van der Waals surface area contributed by atoms with Gasteiger partial charge in [0.1, 0.15) is 0 Å². The first-order valence-electron chi connectivity index (χ1n) is 8.86. The summed E-state index contributed by atoms with van der Waals surface area (Å²) in [5.74, 6) is 1.39. The molecule has 12 heteroatoms. The SMILES string of the molecule is COc1c(/C=N/Nc2nc(N(C)C)nc(N3CCOCC3)n2)cccc1[N+](=O)[O-]. The molecular formula is C17H22N8O4. The summed E-state index contributed by atoms with van der Waals surface area (Å²) in [6.07, 6.45) is 1.42. The van der Waals surface area contributed by atoms with Gasteiger partial charge in [0.05, 0.1) is 31.5 Å². The molecule has 154 valence electrons. The summed E-state index contributed by atoms with van der Waals surface area (Å²) in [5.41, 5.74) is 3.08. The van der Waals surface area contributed by atoms with Crippen molar-refractivity contribution in [1.29, 1.82) is 0 Å². The average Bonchev–Trinajstić information content (AvgIpc) is 2.73. The number of nitrogens with one attached hydrogen (secondary N) is 1. The number of anilines is 3. The van der Waals surface area contributed by atoms with Gasteiger partial charge in [-0.3, -0.25) is 10.1 Å². The summed E-state index contributed by atoms with van der Waals surface area (Å²) < 4.78 is 10.5. The van der Waals surface area contributed by atoms with Crippen LogP contribution in [0.5, 0.6) is 5.75 Å². The number of hydrogen-bond donors (Lipinski definition) is 1. The lowest BCUT2D eigenvalue weighted by molar-refractivity contribution is -0.385. The number of aromatic nitrogens is 3. The molecule has 0 aliphatic carbocycles. The number of hydrazone groups is 1. The van der Waals surface area contributed by atoms with E-state index in [0.29, 0.717) is 43.8 Å². The highest BCUT2D eigenvalue weighted by Gasteiger charge is 2.18. The number of morpholine rings is 1. The zero-order valence-electron chi connectivity index (χ0n) is 16.4. The van der Waals surface area contributed by atoms with E-state index in [1.807, 2.05) is 19.0 Å². The van der Waals surface area contributed by atoms with Crippen LogP contribution in [0.25, 0.3) is 0 Å². The van der Waals surface area contributed by atoms with E-state index in [-0.39, 0.29) is 17.4 Å². The molecule has 1 saturated heterocycles. The van der Waals surface area contributed by atoms with Crippen molar-refractivity contribution in [3.63, 3.8) is 0 Å². The number of nitro benzene ring substituents is 1. The van der Waals surface area contributed by atoms with Crippen molar-refractivity contribution in [2.24, 2.45) is 5.10 Å². The summed E-state index contributed by atoms with van der Waals surface area (Å²) in [5, 5.41) is 15.3. The summed E-state index contributed by atoms with van der Waals surface area (Å²) in [6, 6.07) is 4.59. The van der Waals surface area contributed by atoms with Gasteiger partial charge in [-0.25, -0.2) is 5.43 Å². The molecule has 12 nitrogen and oxygen atoms in total. The fourth-order valence-electron chi connectivity index (χ4n) is 2.68. The largest absolute Gasteiger partial charge is 0.490 e. The monoisotopic (exact) mass is 402 g/mol. The Morgan fingerprint density at radius 1 is 1.31 bits per heavy atom. The molecule has 0 radical (unpaired) electrons. The van der Waals surface area contributed by atoms with Crippen LogP contribution < -0.4 is 20.0 Å². The Bertz CT molecular complexity index is 899. The number of methoxy groups -OCH3 is 1. The van der Waals surface area contributed by atoms with Crippen molar-refractivity contribution in [1.82, 2.24) is 15.0 Å². The number of ether oxygens (including phenoxy) is 2. The lowest BCUT2D eigenvalue weighted by atomic mass is 10.2. The number of nitro groups is 1. The first kappa shape index (κ1) is 20.2. The van der Waals surface area contributed by atoms with Crippen LogP contribution in [-0.4, -0.2) is 73.6 Å². The van der Waals surface area contributed by atoms with Crippen LogP contribution in [0.4, 0.5) is 23.5 Å². The maximum atomic E-state index is 11.1. The molecule has 2 heterocycles. The Labute approximate surface area is 167 Å². The Morgan fingerprint density at radius 2 is 2.07 bits per heavy atom. The van der Waals surface area contributed by atoms with Gasteiger partial charge in [-0.05, 0) is 6.07 Å². The van der Waals surface area contributed by atoms with E-state index in [1.54, 1.807) is 17.0 Å². The van der Waals surface area contributed by atoms with Gasteiger partial charge in [-0.1, -0.05) is 6.07 Å². The van der Waals surface area contributed by atoms with Crippen LogP contribution in [0.15, 0.2) is 23.3 Å². The van der Waals surface area contributed by atoms with Gasteiger partial charge >= 0.3 is 5.69 Å². The molecule has 1 aliphatic heterocycles. The van der Waals surface area contributed by atoms with E-state index >= 15 is 0 Å². The maximum absolute atomic E-state index is 11.1. The van der Waals surface area contributed by atoms with Crippen LogP contribution in [0.1, 0.15) is 5.56 Å². The van der Waals surface area contributed by atoms with Gasteiger partial charge in [-0.15, -0.1) is 0 Å². The Kier molecular flexibility index (Phi) is 6.34. The van der Waals surface area contributed by atoms with Crippen LogP contribution in [-0.2, 0) is 4.74 Å². The van der Waals surface area contributed by atoms with E-state index < -0.39 is 4.92 Å². The standard InChI is InChI=1S/C17H22N8O4/c1-23(2)16-19-15(20-17(21-16)24-7-9-29-10-8-24)22-18-11-12-5-4-6-13(25(26)27)14(12)28-3/h4-6,11H,7-10H2,1-3H3,(H,19,20,21,22)/b18-11+. The van der Waals surface area contributed by atoms with E-state index in [0.717, 1.165) is 0 Å². The minimum Gasteiger partial charge on any atom is -0.490 e. The lowest BCUT2D eigenvalue weighted by Gasteiger charge is -2.27. The van der Waals surface area contributed by atoms with Gasteiger partial charge in [0.15, 0.2) is 0 Å². The predicted molar refractivity (Wildman–Crippen MR) is 108 cm³/mol. The maximum Gasteiger partial charge on any atom is 0.311 e. The minimum absolute atomic E-state index is 0.127. The highest BCUT2D eigenvalue weighted by molar-refractivity contribution is 5.86. The molecular weight excluding hydrogens is 380 g/mol. The van der Waals surface area contributed by atoms with Crippen LogP contribution in [0.3, 0.4) is 0 Å². The molecule has 1 aromatic heterocycles. The second-order valence-electron chi connectivity index (χ2n) is 6.28. The molecule has 2 aromatic rings. The highest BCUT2D eigenvalue weighted by atomic mass is 16.6. The third kappa shape index (κ3) is 4.85. The molecule has 1 aliphatic rings. The zero-order chi connectivity index (χ0) is 20.8. The Hall–Kier alpha value is -3.54. The number of nitrogens with zero attached hydrogens (tertiary/aromatic N) is 7. The molecule has 1 aromatic carbocycles. The normalized spacial score (nSPS) is 14.1. The molecule has 0 amide bonds. The number of benzene rings is 1. The van der Waals surface area contributed by atoms with Gasteiger partial charge in [0.2, 0.25) is 23.6 Å². The summed E-state index contributed by atoms with van der Waals surface area (Å²) in [4.78, 5) is 27.6. The van der Waals surface area contributed by atoms with Crippen LogP contribution in [0, 0.1) is 10.1 Å². The summed E-state index contributed by atoms with van der Waals surface area (Å²) in [7, 11) is 5.04. The average molecular weight is 402 g/mol. The topological polar surface area (TPSA) is 131 Å². The molecule has 29 heavy (non-hydrogen) atoms. The van der Waals surface area contributed by atoms with E-state index in [1.165, 1.54) is 19.4 Å². The fraction of sp³-hybridized carbons (Fsp3) is 0.412. The third-order valence-corrected chi connectivity index (χ3v) is 4.10. The quantitative estimate of drug-likeness (QED) is 0.408. The number of hydrogen-bond acceptors (Lipinski definition) is 11. The molecule has 1 fully saturated rings. The number of rotatable bonds is 7. The number of para-hydroxylation sites is 1. The predicted octanol–water partition coefficient (Wildman–Crippen LogP) is 1.14. The van der Waals surface area contributed by atoms with Crippen molar-refractivity contribution in [3.05, 3.63) is 33.9 Å². The van der Waals surface area contributed by atoms with E-state index in [2.05, 4.69) is 25.5 Å². The highest BCUT2D eigenvalue weighted by Crippen LogP contribution is 2.29. The second-order valence-corrected chi connectivity index (χ2v) is 6.28. The van der Waals surface area contributed by atoms with E-state index in [9.17, 15) is 10.1 Å². The lowest BCUT2D eigenvalue weighted by Crippen LogP contribution is -2.37. The van der Waals surface area contributed by atoms with Crippen molar-refractivity contribution in [2.45, 2.75) is 0 Å². The molecule has 3 rings (SSSR count). The van der Waals surface area contributed by atoms with Gasteiger partial charge < -0.3 is 19.3 Å². The molecule has 0 saturated carbocycles. The molecule has 0 spiro atoms. The zero-order valence-corrected chi connectivity index (χ0v) is 16.4. The fourth-order valence-corrected chi connectivity index (χ4v) is 2.68. The van der Waals surface area contributed by atoms with Crippen LogP contribution >= 0.6 is 0 Å². The molecule has 1 N–H and O–H groups in total. The summed E-state index contributed by atoms with van der Waals surface area (Å²) in [6.45, 7) is 2.59. The van der Waals surface area contributed by atoms with Gasteiger partial charge in [-0.2, -0.15) is 20.1 Å². The van der Waals surface area contributed by atoms with Gasteiger partial charge in [0.25, 0.3) is 0 Å². The molecule has 0 bridgehead atoms. The molecule has 0 unspecified atom stereocenters. The summed E-state index contributed by atoms with van der Waals surface area (Å²) >= 11 is 0. The minimum atomic E-state index is -0.506. The van der Waals surface area contributed by atoms with Crippen molar-refractivity contribution in [3.8, 4) is 5.75 Å². The van der Waals surface area contributed by atoms with Crippen molar-refractivity contribution < 1.29 is 14.4 Å². The second kappa shape index (κ2) is 9.10. The Balaban J connectivity index is 1.84. The van der Waals surface area contributed by atoms with Crippen LogP contribution in [0.2, 0.25) is 0 Å². The first-order chi connectivity index (χ1) is 14.0. The smallest absolute Gasteiger partial charge is 0.311 e. The van der Waals surface area contributed by atoms with Gasteiger partial charge in [0, 0.05) is 38.8 Å². The van der Waals surface area contributed by atoms with Crippen molar-refractivity contribution in [2.75, 3.05) is 62.7 Å². The molecule has 0 atom stereocenters. The Morgan fingerprint density at radius 3 is 2.72 bits per heavy atom.